The summed E-state index contributed by atoms with van der Waals surface area (Å²) in [7, 11) is 0. The molecule has 0 bridgehead atoms. The summed E-state index contributed by atoms with van der Waals surface area (Å²) in [6, 6.07) is 4.31. The Kier molecular flexibility index (Phi) is 3.38. The second-order valence-electron chi connectivity index (χ2n) is 4.83. The predicted octanol–water partition coefficient (Wildman–Crippen LogP) is 3.04. The molecule has 0 spiro atoms. The lowest BCUT2D eigenvalue weighted by atomic mass is 9.89. The van der Waals surface area contributed by atoms with Crippen LogP contribution >= 0.6 is 0 Å². The minimum atomic E-state index is -4.38. The number of rotatable bonds is 2. The predicted molar refractivity (Wildman–Crippen MR) is 59.8 cm³/mol. The van der Waals surface area contributed by atoms with Crippen LogP contribution in [0, 0.1) is 0 Å². The highest BCUT2D eigenvalue weighted by atomic mass is 19.4. The third-order valence-electron chi connectivity index (χ3n) is 3.53. The molecule has 0 radical (unpaired) electrons. The van der Waals surface area contributed by atoms with Gasteiger partial charge in [0.2, 0.25) is 0 Å². The molecule has 1 aliphatic carbocycles. The highest BCUT2D eigenvalue weighted by Crippen LogP contribution is 2.40. The fourth-order valence-electron chi connectivity index (χ4n) is 2.43. The molecule has 0 amide bonds. The van der Waals surface area contributed by atoms with E-state index in [1.807, 2.05) is 0 Å². The molecule has 0 aromatic heterocycles. The van der Waals surface area contributed by atoms with Crippen LogP contribution in [0.15, 0.2) is 24.3 Å². The second kappa shape index (κ2) is 4.55. The minimum Gasteiger partial charge on any atom is -0.387 e. The fourth-order valence-corrected chi connectivity index (χ4v) is 2.43. The molecule has 1 unspecified atom stereocenters. The van der Waals surface area contributed by atoms with Crippen LogP contribution in [-0.2, 0) is 6.18 Å². The van der Waals surface area contributed by atoms with Crippen LogP contribution in [0.3, 0.4) is 0 Å². The smallest absolute Gasteiger partial charge is 0.387 e. The molecular formula is C13H15F3O2. The van der Waals surface area contributed by atoms with Gasteiger partial charge in [-0.15, -0.1) is 0 Å². The van der Waals surface area contributed by atoms with Crippen molar-refractivity contribution in [1.29, 1.82) is 0 Å². The number of aliphatic hydroxyl groups excluding tert-OH is 1. The van der Waals surface area contributed by atoms with Crippen LogP contribution in [-0.4, -0.2) is 15.8 Å². The Bertz CT molecular complexity index is 405. The summed E-state index contributed by atoms with van der Waals surface area (Å²) in [5.74, 6) is 0. The lowest BCUT2D eigenvalue weighted by Crippen LogP contribution is -2.32. The molecule has 18 heavy (non-hydrogen) atoms. The Morgan fingerprint density at radius 1 is 1.06 bits per heavy atom. The van der Waals surface area contributed by atoms with Crippen molar-refractivity contribution in [1.82, 2.24) is 0 Å². The van der Waals surface area contributed by atoms with Gasteiger partial charge in [-0.25, -0.2) is 0 Å². The normalized spacial score (nSPS) is 20.9. The Balaban J connectivity index is 2.19. The van der Waals surface area contributed by atoms with Crippen LogP contribution in [0.25, 0.3) is 0 Å². The molecule has 0 heterocycles. The standard InChI is InChI=1S/C13H15F3O2/c14-13(15,16)10-5-3-9(4-6-10)11(17)12(18)7-1-2-8-12/h3-6,11,17-18H,1-2,7-8H2. The molecule has 1 aromatic carbocycles. The van der Waals surface area contributed by atoms with Gasteiger partial charge in [0.25, 0.3) is 0 Å². The van der Waals surface area contributed by atoms with E-state index < -0.39 is 23.4 Å². The van der Waals surface area contributed by atoms with Crippen LogP contribution < -0.4 is 0 Å². The molecule has 1 atom stereocenters. The zero-order valence-electron chi connectivity index (χ0n) is 9.74. The summed E-state index contributed by atoms with van der Waals surface area (Å²) in [6.45, 7) is 0. The third kappa shape index (κ3) is 2.52. The third-order valence-corrected chi connectivity index (χ3v) is 3.53. The van der Waals surface area contributed by atoms with Gasteiger partial charge in [0, 0.05) is 0 Å². The Hall–Kier alpha value is -1.07. The second-order valence-corrected chi connectivity index (χ2v) is 4.83. The molecule has 1 fully saturated rings. The molecule has 2 rings (SSSR count). The molecule has 5 heteroatoms. The summed E-state index contributed by atoms with van der Waals surface area (Å²) >= 11 is 0. The van der Waals surface area contributed by atoms with Gasteiger partial charge in [-0.1, -0.05) is 25.0 Å². The highest BCUT2D eigenvalue weighted by Gasteiger charge is 2.39. The lowest BCUT2D eigenvalue weighted by molar-refractivity contribution is -0.137. The van der Waals surface area contributed by atoms with E-state index >= 15 is 0 Å². The number of hydrogen-bond acceptors (Lipinski definition) is 2. The van der Waals surface area contributed by atoms with Crippen molar-refractivity contribution in [2.45, 2.75) is 43.6 Å². The monoisotopic (exact) mass is 260 g/mol. The molecule has 2 N–H and O–H groups in total. The van der Waals surface area contributed by atoms with Crippen LogP contribution in [0.2, 0.25) is 0 Å². The van der Waals surface area contributed by atoms with E-state index in [1.54, 1.807) is 0 Å². The average molecular weight is 260 g/mol. The maximum atomic E-state index is 12.4. The van der Waals surface area contributed by atoms with Crippen molar-refractivity contribution in [3.05, 3.63) is 35.4 Å². The van der Waals surface area contributed by atoms with Gasteiger partial charge in [0.05, 0.1) is 11.2 Å². The SMILES string of the molecule is OC(c1ccc(C(F)(F)F)cc1)C1(O)CCCC1. The Morgan fingerprint density at radius 3 is 2.00 bits per heavy atom. The average Bonchev–Trinajstić information content (AvgIpc) is 2.75. The van der Waals surface area contributed by atoms with Gasteiger partial charge in [0.15, 0.2) is 0 Å². The minimum absolute atomic E-state index is 0.326. The molecule has 0 aliphatic heterocycles. The van der Waals surface area contributed by atoms with E-state index in [4.69, 9.17) is 0 Å². The number of alkyl halides is 3. The molecular weight excluding hydrogens is 245 g/mol. The zero-order chi connectivity index (χ0) is 13.4. The van der Waals surface area contributed by atoms with Crippen LogP contribution in [0.4, 0.5) is 13.2 Å². The van der Waals surface area contributed by atoms with Crippen molar-refractivity contribution in [2.24, 2.45) is 0 Å². The number of halogens is 3. The van der Waals surface area contributed by atoms with E-state index in [2.05, 4.69) is 0 Å². The first-order valence-electron chi connectivity index (χ1n) is 5.90. The maximum absolute atomic E-state index is 12.4. The van der Waals surface area contributed by atoms with Crippen LogP contribution in [0.5, 0.6) is 0 Å². The quantitative estimate of drug-likeness (QED) is 0.858. The Morgan fingerprint density at radius 2 is 1.56 bits per heavy atom. The van der Waals surface area contributed by atoms with Gasteiger partial charge in [0.1, 0.15) is 6.10 Å². The highest BCUT2D eigenvalue weighted by molar-refractivity contribution is 5.27. The first-order valence-corrected chi connectivity index (χ1v) is 5.90. The topological polar surface area (TPSA) is 40.5 Å². The summed E-state index contributed by atoms with van der Waals surface area (Å²) in [6.07, 6.45) is -2.89. The number of aliphatic hydroxyl groups is 2. The first-order chi connectivity index (χ1) is 8.33. The van der Waals surface area contributed by atoms with Gasteiger partial charge in [-0.05, 0) is 30.5 Å². The molecule has 0 saturated heterocycles. The van der Waals surface area contributed by atoms with Crippen molar-refractivity contribution in [3.8, 4) is 0 Å². The summed E-state index contributed by atoms with van der Waals surface area (Å²) < 4.78 is 37.2. The van der Waals surface area contributed by atoms with E-state index in [0.717, 1.165) is 25.0 Å². The van der Waals surface area contributed by atoms with Crippen molar-refractivity contribution >= 4 is 0 Å². The van der Waals surface area contributed by atoms with Crippen molar-refractivity contribution < 1.29 is 23.4 Å². The van der Waals surface area contributed by atoms with Crippen molar-refractivity contribution in [3.63, 3.8) is 0 Å². The molecule has 1 aromatic rings. The summed E-state index contributed by atoms with van der Waals surface area (Å²) in [4.78, 5) is 0. The van der Waals surface area contributed by atoms with Gasteiger partial charge < -0.3 is 10.2 Å². The zero-order valence-corrected chi connectivity index (χ0v) is 9.74. The van der Waals surface area contributed by atoms with E-state index in [1.165, 1.54) is 12.1 Å². The molecule has 100 valence electrons. The fraction of sp³-hybridized carbons (Fsp3) is 0.538. The largest absolute Gasteiger partial charge is 0.416 e. The maximum Gasteiger partial charge on any atom is 0.416 e. The summed E-state index contributed by atoms with van der Waals surface area (Å²) in [5, 5.41) is 20.2. The number of benzene rings is 1. The lowest BCUT2D eigenvalue weighted by Gasteiger charge is -2.28. The summed E-state index contributed by atoms with van der Waals surface area (Å²) in [5.41, 5.74) is -1.62. The van der Waals surface area contributed by atoms with Crippen LogP contribution in [0.1, 0.15) is 42.9 Å². The molecule has 1 saturated carbocycles. The van der Waals surface area contributed by atoms with Gasteiger partial charge in [-0.2, -0.15) is 13.2 Å². The van der Waals surface area contributed by atoms with E-state index in [0.29, 0.717) is 18.4 Å². The van der Waals surface area contributed by atoms with Gasteiger partial charge in [-0.3, -0.25) is 0 Å². The number of hydrogen-bond donors (Lipinski definition) is 2. The molecule has 2 nitrogen and oxygen atoms in total. The Labute approximate surface area is 103 Å². The van der Waals surface area contributed by atoms with Crippen molar-refractivity contribution in [2.75, 3.05) is 0 Å². The first kappa shape index (κ1) is 13.4. The van der Waals surface area contributed by atoms with Gasteiger partial charge >= 0.3 is 6.18 Å². The van der Waals surface area contributed by atoms with E-state index in [-0.39, 0.29) is 0 Å². The molecule has 1 aliphatic rings. The van der Waals surface area contributed by atoms with E-state index in [9.17, 15) is 23.4 Å².